The molecule has 0 bridgehead atoms. The van der Waals surface area contributed by atoms with E-state index in [1.54, 1.807) is 45.2 Å². The lowest BCUT2D eigenvalue weighted by Gasteiger charge is -2.10. The summed E-state index contributed by atoms with van der Waals surface area (Å²) < 4.78 is 10.9. The van der Waals surface area contributed by atoms with Crippen LogP contribution in [0, 0.1) is 17.3 Å². The highest BCUT2D eigenvalue weighted by Gasteiger charge is 2.65. The second-order valence-electron chi connectivity index (χ2n) is 6.74. The molecule has 1 fully saturated rings. The van der Waals surface area contributed by atoms with E-state index >= 15 is 0 Å². The molecule has 0 unspecified atom stereocenters. The number of hydrogen-bond acceptors (Lipinski definition) is 5. The number of carbonyl (C=O) groups is 2. The standard InChI is InChI=1S/C19H20N2O5/c1-19(2)15(16(19)18(23)24)17(22)21-11-8-9-14(20-10-11)26-13-7-5-4-6-12(13)25-3/h4-10,15-16H,1-3H3,(H,21,22)(H,23,24)/t15-,16+/m1/s1. The van der Waals surface area contributed by atoms with Crippen LogP contribution < -0.4 is 14.8 Å². The normalized spacial score (nSPS) is 20.1. The first-order valence-corrected chi connectivity index (χ1v) is 8.15. The molecule has 1 amide bonds. The number of amides is 1. The minimum absolute atomic E-state index is 0.317. The Morgan fingerprint density at radius 2 is 1.81 bits per heavy atom. The Kier molecular flexibility index (Phi) is 4.54. The maximum Gasteiger partial charge on any atom is 0.307 e. The molecule has 1 saturated carbocycles. The van der Waals surface area contributed by atoms with E-state index in [1.165, 1.54) is 6.20 Å². The number of aliphatic carboxylic acids is 1. The Bertz CT molecular complexity index is 832. The van der Waals surface area contributed by atoms with Gasteiger partial charge < -0.3 is 19.9 Å². The van der Waals surface area contributed by atoms with Crippen LogP contribution in [-0.4, -0.2) is 29.1 Å². The fourth-order valence-corrected chi connectivity index (χ4v) is 3.14. The summed E-state index contributed by atoms with van der Waals surface area (Å²) in [5.74, 6) is -1.02. The highest BCUT2D eigenvalue weighted by molar-refractivity contribution is 5.99. The number of aromatic nitrogens is 1. The van der Waals surface area contributed by atoms with Crippen LogP contribution in [0.2, 0.25) is 0 Å². The number of methoxy groups -OCH3 is 1. The number of carbonyl (C=O) groups excluding carboxylic acids is 1. The molecule has 2 atom stereocenters. The van der Waals surface area contributed by atoms with Gasteiger partial charge in [-0.1, -0.05) is 26.0 Å². The highest BCUT2D eigenvalue weighted by atomic mass is 16.5. The van der Waals surface area contributed by atoms with Gasteiger partial charge in [-0.25, -0.2) is 4.98 Å². The van der Waals surface area contributed by atoms with Gasteiger partial charge in [-0.15, -0.1) is 0 Å². The van der Waals surface area contributed by atoms with Gasteiger partial charge in [0.1, 0.15) is 0 Å². The average molecular weight is 356 g/mol. The van der Waals surface area contributed by atoms with Gasteiger partial charge in [0, 0.05) is 6.07 Å². The van der Waals surface area contributed by atoms with E-state index in [0.717, 1.165) is 0 Å². The third kappa shape index (κ3) is 3.33. The minimum Gasteiger partial charge on any atom is -0.493 e. The van der Waals surface area contributed by atoms with Gasteiger partial charge in [0.25, 0.3) is 0 Å². The maximum atomic E-state index is 12.3. The predicted molar refractivity (Wildman–Crippen MR) is 94.3 cm³/mol. The number of para-hydroxylation sites is 2. The van der Waals surface area contributed by atoms with Crippen molar-refractivity contribution in [1.29, 1.82) is 0 Å². The molecule has 26 heavy (non-hydrogen) atoms. The van der Waals surface area contributed by atoms with Crippen LogP contribution in [0.4, 0.5) is 5.69 Å². The molecular formula is C19H20N2O5. The molecular weight excluding hydrogens is 336 g/mol. The fraction of sp³-hybridized carbons (Fsp3) is 0.316. The minimum atomic E-state index is -0.950. The van der Waals surface area contributed by atoms with Crippen LogP contribution in [0.5, 0.6) is 17.4 Å². The van der Waals surface area contributed by atoms with Crippen molar-refractivity contribution in [2.75, 3.05) is 12.4 Å². The Hall–Kier alpha value is -3.09. The van der Waals surface area contributed by atoms with Gasteiger partial charge in [0.15, 0.2) is 11.5 Å². The van der Waals surface area contributed by atoms with Gasteiger partial charge in [-0.3, -0.25) is 9.59 Å². The zero-order valence-corrected chi connectivity index (χ0v) is 14.7. The third-order valence-corrected chi connectivity index (χ3v) is 4.66. The number of hydrogen-bond donors (Lipinski definition) is 2. The molecule has 0 aliphatic heterocycles. The van der Waals surface area contributed by atoms with Crippen LogP contribution in [0.3, 0.4) is 0 Å². The molecule has 7 heteroatoms. The molecule has 3 rings (SSSR count). The van der Waals surface area contributed by atoms with Crippen molar-refractivity contribution in [3.05, 3.63) is 42.6 Å². The summed E-state index contributed by atoms with van der Waals surface area (Å²) in [7, 11) is 1.55. The molecule has 2 aromatic rings. The van der Waals surface area contributed by atoms with E-state index in [2.05, 4.69) is 10.3 Å². The van der Waals surface area contributed by atoms with Crippen LogP contribution in [0.1, 0.15) is 13.8 Å². The Morgan fingerprint density at radius 1 is 1.12 bits per heavy atom. The number of carboxylic acids is 1. The molecule has 1 aliphatic carbocycles. The molecule has 0 saturated heterocycles. The number of nitrogens with zero attached hydrogens (tertiary/aromatic N) is 1. The van der Waals surface area contributed by atoms with E-state index in [-0.39, 0.29) is 5.91 Å². The smallest absolute Gasteiger partial charge is 0.307 e. The lowest BCUT2D eigenvalue weighted by atomic mass is 10.1. The maximum absolute atomic E-state index is 12.3. The zero-order valence-electron chi connectivity index (χ0n) is 14.7. The lowest BCUT2D eigenvalue weighted by molar-refractivity contribution is -0.140. The van der Waals surface area contributed by atoms with Crippen LogP contribution in [0.25, 0.3) is 0 Å². The van der Waals surface area contributed by atoms with Crippen molar-refractivity contribution < 1.29 is 24.2 Å². The summed E-state index contributed by atoms with van der Waals surface area (Å²) >= 11 is 0. The number of rotatable bonds is 6. The van der Waals surface area contributed by atoms with Crippen molar-refractivity contribution in [3.63, 3.8) is 0 Å². The number of benzene rings is 1. The van der Waals surface area contributed by atoms with Crippen molar-refractivity contribution in [2.45, 2.75) is 13.8 Å². The first-order valence-electron chi connectivity index (χ1n) is 8.15. The highest BCUT2D eigenvalue weighted by Crippen LogP contribution is 2.58. The van der Waals surface area contributed by atoms with Crippen LogP contribution in [0.15, 0.2) is 42.6 Å². The molecule has 0 spiro atoms. The van der Waals surface area contributed by atoms with Crippen molar-refractivity contribution in [2.24, 2.45) is 17.3 Å². The summed E-state index contributed by atoms with van der Waals surface area (Å²) in [5.41, 5.74) is -0.0646. The van der Waals surface area contributed by atoms with E-state index in [4.69, 9.17) is 9.47 Å². The van der Waals surface area contributed by atoms with Crippen molar-refractivity contribution in [1.82, 2.24) is 4.98 Å². The summed E-state index contributed by atoms with van der Waals surface area (Å²) in [5, 5.41) is 11.9. The van der Waals surface area contributed by atoms with Crippen LogP contribution >= 0.6 is 0 Å². The predicted octanol–water partition coefficient (Wildman–Crippen LogP) is 3.18. The summed E-state index contributed by atoms with van der Waals surface area (Å²) in [6.45, 7) is 3.55. The third-order valence-electron chi connectivity index (χ3n) is 4.66. The lowest BCUT2D eigenvalue weighted by Crippen LogP contribution is -2.17. The molecule has 2 N–H and O–H groups in total. The molecule has 7 nitrogen and oxygen atoms in total. The van der Waals surface area contributed by atoms with Crippen molar-refractivity contribution >= 4 is 17.6 Å². The summed E-state index contributed by atoms with van der Waals surface area (Å²) in [6.07, 6.45) is 1.47. The monoisotopic (exact) mass is 356 g/mol. The first kappa shape index (κ1) is 17.7. The topological polar surface area (TPSA) is 97.8 Å². The Balaban J connectivity index is 1.65. The van der Waals surface area contributed by atoms with Gasteiger partial charge in [0.2, 0.25) is 11.8 Å². The van der Waals surface area contributed by atoms with Crippen molar-refractivity contribution in [3.8, 4) is 17.4 Å². The Labute approximate surface area is 151 Å². The number of carboxylic acid groups (broad SMARTS) is 1. The van der Waals surface area contributed by atoms with E-state index < -0.39 is 23.2 Å². The largest absolute Gasteiger partial charge is 0.493 e. The van der Waals surface area contributed by atoms with E-state index in [0.29, 0.717) is 23.1 Å². The molecule has 1 aromatic carbocycles. The molecule has 1 aromatic heterocycles. The fourth-order valence-electron chi connectivity index (χ4n) is 3.14. The van der Waals surface area contributed by atoms with Gasteiger partial charge in [-0.2, -0.15) is 0 Å². The average Bonchev–Trinajstić information content (AvgIpc) is 3.20. The van der Waals surface area contributed by atoms with Crippen LogP contribution in [-0.2, 0) is 9.59 Å². The van der Waals surface area contributed by atoms with Gasteiger partial charge in [-0.05, 0) is 23.6 Å². The zero-order chi connectivity index (χ0) is 18.9. The summed E-state index contributed by atoms with van der Waals surface area (Å²) in [4.78, 5) is 27.7. The molecule has 1 heterocycles. The van der Waals surface area contributed by atoms with E-state index in [9.17, 15) is 14.7 Å². The molecule has 1 aliphatic rings. The Morgan fingerprint density at radius 3 is 2.35 bits per heavy atom. The number of nitrogens with one attached hydrogen (secondary N) is 1. The molecule has 0 radical (unpaired) electrons. The number of anilines is 1. The second-order valence-corrected chi connectivity index (χ2v) is 6.74. The number of ether oxygens (including phenoxy) is 2. The van der Waals surface area contributed by atoms with Gasteiger partial charge >= 0.3 is 5.97 Å². The summed E-state index contributed by atoms with van der Waals surface area (Å²) in [6, 6.07) is 10.5. The SMILES string of the molecule is COc1ccccc1Oc1ccc(NC(=O)[C@H]2[C@@H](C(=O)O)C2(C)C)cn1. The quantitative estimate of drug-likeness (QED) is 0.825. The van der Waals surface area contributed by atoms with E-state index in [1.807, 2.05) is 12.1 Å². The number of pyridine rings is 1. The van der Waals surface area contributed by atoms with Gasteiger partial charge in [0.05, 0.1) is 30.8 Å². The second kappa shape index (κ2) is 6.67. The molecule has 136 valence electrons. The first-order chi connectivity index (χ1) is 12.3.